The van der Waals surface area contributed by atoms with Gasteiger partial charge in [0.25, 0.3) is 5.89 Å². The van der Waals surface area contributed by atoms with Crippen molar-refractivity contribution in [2.75, 3.05) is 0 Å². The molecule has 22 heavy (non-hydrogen) atoms. The Morgan fingerprint density at radius 1 is 1.00 bits per heavy atom. The van der Waals surface area contributed by atoms with Gasteiger partial charge in [0, 0.05) is 11.9 Å². The van der Waals surface area contributed by atoms with E-state index in [1.54, 1.807) is 37.4 Å². The number of benzene rings is 1. The highest BCUT2D eigenvalue weighted by Crippen LogP contribution is 2.21. The summed E-state index contributed by atoms with van der Waals surface area (Å²) in [4.78, 5) is 12.3. The third-order valence-corrected chi connectivity index (χ3v) is 2.74. The monoisotopic (exact) mass is 298 g/mol. The van der Waals surface area contributed by atoms with Gasteiger partial charge in [0.1, 0.15) is 11.5 Å². The first-order chi connectivity index (χ1) is 10.7. The minimum atomic E-state index is 0.224. The second kappa shape index (κ2) is 6.21. The molecule has 0 aliphatic rings. The fraction of sp³-hybridized carbons (Fsp3) is 0.200. The summed E-state index contributed by atoms with van der Waals surface area (Å²) in [6.07, 6.45) is 1.65. The van der Waals surface area contributed by atoms with Crippen molar-refractivity contribution < 1.29 is 14.0 Å². The molecule has 2 heterocycles. The van der Waals surface area contributed by atoms with E-state index in [1.165, 1.54) is 0 Å². The fourth-order valence-corrected chi connectivity index (χ4v) is 1.73. The Labute approximate surface area is 126 Å². The van der Waals surface area contributed by atoms with Crippen molar-refractivity contribution in [3.05, 3.63) is 53.9 Å². The van der Waals surface area contributed by atoms with E-state index in [0.29, 0.717) is 29.2 Å². The van der Waals surface area contributed by atoms with Crippen LogP contribution in [-0.4, -0.2) is 20.1 Å². The lowest BCUT2D eigenvalue weighted by Gasteiger charge is -2.06. The van der Waals surface area contributed by atoms with Crippen LogP contribution in [0.2, 0.25) is 0 Å². The minimum Gasteiger partial charge on any atom is -0.484 e. The van der Waals surface area contributed by atoms with Crippen molar-refractivity contribution in [1.29, 1.82) is 0 Å². The summed E-state index contributed by atoms with van der Waals surface area (Å²) >= 11 is 0. The Bertz CT molecular complexity index is 755. The molecule has 3 rings (SSSR count). The number of hydrogen-bond donors (Lipinski definition) is 0. The molecule has 3 aromatic rings. The molecule has 0 radical (unpaired) electrons. The van der Waals surface area contributed by atoms with Gasteiger partial charge < -0.3 is 14.0 Å². The smallest absolute Gasteiger partial charge is 0.322 e. The van der Waals surface area contributed by atoms with Crippen LogP contribution in [0.5, 0.6) is 17.5 Å². The summed E-state index contributed by atoms with van der Waals surface area (Å²) in [7, 11) is 0. The van der Waals surface area contributed by atoms with Gasteiger partial charge in [-0.3, -0.25) is 0 Å². The first kappa shape index (κ1) is 14.0. The van der Waals surface area contributed by atoms with Crippen LogP contribution in [0.3, 0.4) is 0 Å². The van der Waals surface area contributed by atoms with Crippen molar-refractivity contribution in [1.82, 2.24) is 20.1 Å². The molecule has 0 atom stereocenters. The van der Waals surface area contributed by atoms with Crippen LogP contribution in [0.1, 0.15) is 17.4 Å². The first-order valence-electron chi connectivity index (χ1n) is 6.68. The molecule has 0 unspecified atom stereocenters. The highest BCUT2D eigenvalue weighted by Gasteiger charge is 2.05. The second-order valence-electron chi connectivity index (χ2n) is 4.58. The van der Waals surface area contributed by atoms with E-state index >= 15 is 0 Å². The molecule has 0 fully saturated rings. The molecule has 1 aromatic carbocycles. The van der Waals surface area contributed by atoms with Crippen molar-refractivity contribution in [3.8, 4) is 17.5 Å². The quantitative estimate of drug-likeness (QED) is 0.716. The summed E-state index contributed by atoms with van der Waals surface area (Å²) in [5.41, 5.74) is 0.847. The molecule has 0 aliphatic carbocycles. The van der Waals surface area contributed by atoms with Crippen molar-refractivity contribution in [3.63, 3.8) is 0 Å². The second-order valence-corrected chi connectivity index (χ2v) is 4.58. The molecule has 0 spiro atoms. The maximum atomic E-state index is 5.56. The van der Waals surface area contributed by atoms with E-state index in [-0.39, 0.29) is 6.61 Å². The Balaban J connectivity index is 1.60. The Hall–Kier alpha value is -2.96. The fourth-order valence-electron chi connectivity index (χ4n) is 1.73. The topological polar surface area (TPSA) is 83.2 Å². The molecule has 112 valence electrons. The summed E-state index contributed by atoms with van der Waals surface area (Å²) in [5.74, 6) is 2.33. The predicted molar refractivity (Wildman–Crippen MR) is 76.7 cm³/mol. The lowest BCUT2D eigenvalue weighted by atomic mass is 10.3. The third kappa shape index (κ3) is 3.57. The van der Waals surface area contributed by atoms with Gasteiger partial charge >= 0.3 is 6.01 Å². The van der Waals surface area contributed by atoms with E-state index in [1.807, 2.05) is 13.0 Å². The van der Waals surface area contributed by atoms with Gasteiger partial charge in [0.2, 0.25) is 0 Å². The zero-order chi connectivity index (χ0) is 15.4. The van der Waals surface area contributed by atoms with Crippen LogP contribution in [-0.2, 0) is 6.61 Å². The Morgan fingerprint density at radius 2 is 1.77 bits per heavy atom. The molecule has 0 saturated heterocycles. The zero-order valence-electron chi connectivity index (χ0n) is 12.2. The molecule has 7 nitrogen and oxygen atoms in total. The van der Waals surface area contributed by atoms with Crippen molar-refractivity contribution in [2.45, 2.75) is 20.5 Å². The van der Waals surface area contributed by atoms with Gasteiger partial charge in [-0.15, -0.1) is 0 Å². The van der Waals surface area contributed by atoms with Gasteiger partial charge in [-0.2, -0.15) is 4.98 Å². The van der Waals surface area contributed by atoms with Crippen LogP contribution >= 0.6 is 0 Å². The lowest BCUT2D eigenvalue weighted by Crippen LogP contribution is -1.96. The van der Waals surface area contributed by atoms with Crippen LogP contribution in [0, 0.1) is 13.8 Å². The SMILES string of the molecule is Cc1ccnc(Oc2ccc(OCc3nc(C)no3)cc2)n1. The third-order valence-electron chi connectivity index (χ3n) is 2.74. The van der Waals surface area contributed by atoms with Crippen LogP contribution in [0.4, 0.5) is 0 Å². The van der Waals surface area contributed by atoms with Gasteiger partial charge in [-0.25, -0.2) is 9.97 Å². The Morgan fingerprint density at radius 3 is 2.45 bits per heavy atom. The van der Waals surface area contributed by atoms with E-state index in [0.717, 1.165) is 5.69 Å². The summed E-state index contributed by atoms with van der Waals surface area (Å²) < 4.78 is 16.1. The maximum Gasteiger partial charge on any atom is 0.322 e. The largest absolute Gasteiger partial charge is 0.484 e. The standard InChI is InChI=1S/C15H14N4O3/c1-10-7-8-16-15(17-10)21-13-5-3-12(4-6-13)20-9-14-18-11(2)19-22-14/h3-8H,9H2,1-2H3. The number of aryl methyl sites for hydroxylation is 2. The average molecular weight is 298 g/mol. The van der Waals surface area contributed by atoms with E-state index in [2.05, 4.69) is 20.1 Å². The normalized spacial score (nSPS) is 10.5. The van der Waals surface area contributed by atoms with Gasteiger partial charge in [0.15, 0.2) is 12.4 Å². The van der Waals surface area contributed by atoms with Crippen molar-refractivity contribution in [2.24, 2.45) is 0 Å². The molecule has 7 heteroatoms. The first-order valence-corrected chi connectivity index (χ1v) is 6.68. The number of aromatic nitrogens is 4. The van der Waals surface area contributed by atoms with Crippen LogP contribution in [0.15, 0.2) is 41.1 Å². The molecular weight excluding hydrogens is 284 g/mol. The zero-order valence-corrected chi connectivity index (χ0v) is 12.2. The van der Waals surface area contributed by atoms with Crippen LogP contribution in [0.25, 0.3) is 0 Å². The molecule has 0 saturated carbocycles. The number of hydrogen-bond acceptors (Lipinski definition) is 7. The van der Waals surface area contributed by atoms with Crippen molar-refractivity contribution >= 4 is 0 Å². The summed E-state index contributed by atoms with van der Waals surface area (Å²) in [5, 5.41) is 3.70. The summed E-state index contributed by atoms with van der Waals surface area (Å²) in [6.45, 7) is 3.86. The van der Waals surface area contributed by atoms with E-state index < -0.39 is 0 Å². The Kier molecular flexibility index (Phi) is 3.95. The highest BCUT2D eigenvalue weighted by molar-refractivity contribution is 5.32. The minimum absolute atomic E-state index is 0.224. The molecule has 0 aliphatic heterocycles. The number of ether oxygens (including phenoxy) is 2. The molecular formula is C15H14N4O3. The van der Waals surface area contributed by atoms with Gasteiger partial charge in [-0.05, 0) is 44.2 Å². The average Bonchev–Trinajstić information content (AvgIpc) is 2.92. The van der Waals surface area contributed by atoms with E-state index in [9.17, 15) is 0 Å². The van der Waals surface area contributed by atoms with E-state index in [4.69, 9.17) is 14.0 Å². The predicted octanol–water partition coefficient (Wildman–Crippen LogP) is 2.85. The molecule has 0 amide bonds. The molecule has 2 aromatic heterocycles. The van der Waals surface area contributed by atoms with Crippen LogP contribution < -0.4 is 9.47 Å². The van der Waals surface area contributed by atoms with Gasteiger partial charge in [-0.1, -0.05) is 5.16 Å². The van der Waals surface area contributed by atoms with Gasteiger partial charge in [0.05, 0.1) is 0 Å². The molecule has 0 N–H and O–H groups in total. The maximum absolute atomic E-state index is 5.56. The number of nitrogens with zero attached hydrogens (tertiary/aromatic N) is 4. The lowest BCUT2D eigenvalue weighted by molar-refractivity contribution is 0.242. The summed E-state index contributed by atoms with van der Waals surface area (Å²) in [6, 6.07) is 9.25. The molecule has 0 bridgehead atoms. The highest BCUT2D eigenvalue weighted by atomic mass is 16.5. The number of rotatable bonds is 5.